The molecule has 202 valence electrons. The van der Waals surface area contributed by atoms with E-state index < -0.39 is 72.4 Å². The van der Waals surface area contributed by atoms with Crippen LogP contribution in [0.2, 0.25) is 0 Å². The molecular formula is C26H21F3N4O5S. The fourth-order valence-electron chi connectivity index (χ4n) is 3.63. The highest BCUT2D eigenvalue weighted by atomic mass is 32.2. The van der Waals surface area contributed by atoms with Gasteiger partial charge in [0.05, 0.1) is 16.6 Å². The second kappa shape index (κ2) is 10.1. The average Bonchev–Trinajstić information content (AvgIpc) is 3.28. The maximum absolute atomic E-state index is 14.6. The number of hydrogen-bond acceptors (Lipinski definition) is 6. The van der Waals surface area contributed by atoms with Crippen LogP contribution < -0.4 is 5.73 Å². The highest BCUT2D eigenvalue weighted by Crippen LogP contribution is 2.29. The number of fused-ring (bicyclic) bond motifs is 1. The Morgan fingerprint density at radius 3 is 2.33 bits per heavy atom. The van der Waals surface area contributed by atoms with E-state index in [4.69, 9.17) is 5.73 Å². The maximum Gasteiger partial charge on any atom is 0.286 e. The molecule has 0 bridgehead atoms. The van der Waals surface area contributed by atoms with Crippen molar-refractivity contribution in [3.8, 4) is 0 Å². The van der Waals surface area contributed by atoms with Crippen molar-refractivity contribution in [1.29, 1.82) is 0 Å². The minimum absolute atomic E-state index is 0.229. The van der Waals surface area contributed by atoms with E-state index >= 15 is 0 Å². The van der Waals surface area contributed by atoms with Crippen molar-refractivity contribution in [2.75, 3.05) is 0 Å². The van der Waals surface area contributed by atoms with Gasteiger partial charge in [-0.25, -0.2) is 18.2 Å². The zero-order valence-corrected chi connectivity index (χ0v) is 21.3. The van der Waals surface area contributed by atoms with E-state index in [1.807, 2.05) is 0 Å². The molecular weight excluding hydrogens is 537 g/mol. The van der Waals surface area contributed by atoms with E-state index in [0.29, 0.717) is 29.2 Å². The molecule has 13 heteroatoms. The Hall–Kier alpha value is -4.36. The number of amidine groups is 1. The van der Waals surface area contributed by atoms with Gasteiger partial charge in [0.15, 0.2) is 11.6 Å². The van der Waals surface area contributed by atoms with E-state index in [-0.39, 0.29) is 5.82 Å². The van der Waals surface area contributed by atoms with Gasteiger partial charge in [-0.2, -0.15) is 8.42 Å². The predicted molar refractivity (Wildman–Crippen MR) is 135 cm³/mol. The molecule has 1 heterocycles. The molecule has 0 aliphatic rings. The third-order valence-electron chi connectivity index (χ3n) is 5.74. The van der Waals surface area contributed by atoms with Crippen LogP contribution in [0.3, 0.4) is 0 Å². The van der Waals surface area contributed by atoms with Gasteiger partial charge in [-0.15, -0.1) is 4.40 Å². The van der Waals surface area contributed by atoms with Gasteiger partial charge in [-0.05, 0) is 62.4 Å². The summed E-state index contributed by atoms with van der Waals surface area (Å²) in [4.78, 5) is 33.1. The van der Waals surface area contributed by atoms with Crippen molar-refractivity contribution >= 4 is 38.5 Å². The zero-order valence-electron chi connectivity index (χ0n) is 20.4. The third kappa shape index (κ3) is 5.59. The summed E-state index contributed by atoms with van der Waals surface area (Å²) in [6, 6.07) is 10.8. The van der Waals surface area contributed by atoms with Crippen molar-refractivity contribution in [2.24, 2.45) is 10.1 Å². The number of H-pyrrole nitrogens is 1. The Balaban J connectivity index is 1.87. The summed E-state index contributed by atoms with van der Waals surface area (Å²) >= 11 is 0. The molecule has 39 heavy (non-hydrogen) atoms. The quantitative estimate of drug-likeness (QED) is 0.129. The lowest BCUT2D eigenvalue weighted by Crippen LogP contribution is -2.38. The second-order valence-electron chi connectivity index (χ2n) is 9.08. The lowest BCUT2D eigenvalue weighted by molar-refractivity contribution is 0.0853. The van der Waals surface area contributed by atoms with Gasteiger partial charge in [0.25, 0.3) is 10.0 Å². The molecule has 1 unspecified atom stereocenters. The molecule has 0 amide bonds. The fourth-order valence-corrected chi connectivity index (χ4v) is 4.80. The Bertz CT molecular complexity index is 1730. The number of ketones is 2. The average molecular weight is 559 g/mol. The van der Waals surface area contributed by atoms with Crippen molar-refractivity contribution in [3.05, 3.63) is 95.1 Å². The minimum atomic E-state index is -4.87. The van der Waals surface area contributed by atoms with Crippen molar-refractivity contribution in [3.63, 3.8) is 0 Å². The van der Waals surface area contributed by atoms with Gasteiger partial charge in [-0.3, -0.25) is 9.59 Å². The van der Waals surface area contributed by atoms with Crippen LogP contribution in [-0.2, 0) is 10.0 Å². The molecule has 3 aromatic carbocycles. The van der Waals surface area contributed by atoms with Gasteiger partial charge >= 0.3 is 0 Å². The molecule has 4 N–H and O–H groups in total. The molecule has 0 aliphatic heterocycles. The number of aliphatic hydroxyl groups is 1. The van der Waals surface area contributed by atoms with E-state index in [9.17, 15) is 36.3 Å². The first-order valence-corrected chi connectivity index (χ1v) is 12.7. The lowest BCUT2D eigenvalue weighted by Gasteiger charge is -2.16. The number of hydrogen-bond donors (Lipinski definition) is 3. The van der Waals surface area contributed by atoms with E-state index in [1.165, 1.54) is 0 Å². The number of nitrogens with one attached hydrogen (secondary N) is 1. The summed E-state index contributed by atoms with van der Waals surface area (Å²) in [7, 11) is -4.87. The molecule has 0 fully saturated rings. The molecule has 0 radical (unpaired) electrons. The molecule has 4 rings (SSSR count). The number of aromatic amines is 1. The SMILES string of the molecule is CC(C)(O)C(N)=NS(=O)(=O)c1cc(C(=O)C(C(=O)c2cc(F)ccc2F)c2nc3ccccc3[nH]2)ccc1F. The number of imidazole rings is 1. The Morgan fingerprint density at radius 2 is 1.67 bits per heavy atom. The number of sulfonamides is 1. The number of para-hydroxylation sites is 2. The predicted octanol–water partition coefficient (Wildman–Crippen LogP) is 3.65. The van der Waals surface area contributed by atoms with E-state index in [1.54, 1.807) is 24.3 Å². The number of aromatic nitrogens is 2. The van der Waals surface area contributed by atoms with E-state index in [2.05, 4.69) is 14.4 Å². The number of rotatable bonds is 8. The molecule has 0 spiro atoms. The van der Waals surface area contributed by atoms with E-state index in [0.717, 1.165) is 32.0 Å². The van der Waals surface area contributed by atoms with Crippen LogP contribution in [0.25, 0.3) is 11.0 Å². The fraction of sp³-hybridized carbons (Fsp3) is 0.154. The van der Waals surface area contributed by atoms with Crippen LogP contribution in [0.15, 0.2) is 70.0 Å². The molecule has 1 atom stereocenters. The summed E-state index contributed by atoms with van der Waals surface area (Å²) in [5.41, 5.74) is 3.24. The molecule has 0 saturated heterocycles. The second-order valence-corrected chi connectivity index (χ2v) is 10.7. The molecule has 0 aliphatic carbocycles. The number of benzene rings is 3. The largest absolute Gasteiger partial charge is 0.384 e. The topological polar surface area (TPSA) is 156 Å². The summed E-state index contributed by atoms with van der Waals surface area (Å²) in [5.74, 6) is -8.44. The summed E-state index contributed by atoms with van der Waals surface area (Å²) < 4.78 is 71.9. The molecule has 0 saturated carbocycles. The molecule has 4 aromatic rings. The zero-order chi connectivity index (χ0) is 28.7. The monoisotopic (exact) mass is 558 g/mol. The summed E-state index contributed by atoms with van der Waals surface area (Å²) in [5, 5.41) is 9.91. The third-order valence-corrected chi connectivity index (χ3v) is 7.04. The van der Waals surface area contributed by atoms with Gasteiger partial charge in [0.2, 0.25) is 0 Å². The van der Waals surface area contributed by atoms with Gasteiger partial charge in [-0.1, -0.05) is 12.1 Å². The van der Waals surface area contributed by atoms with Gasteiger partial charge < -0.3 is 15.8 Å². The number of Topliss-reactive ketones (excluding diaryl/α,β-unsaturated/α-hetero) is 2. The van der Waals surface area contributed by atoms with Crippen LogP contribution in [0, 0.1) is 17.5 Å². The van der Waals surface area contributed by atoms with Crippen molar-refractivity contribution in [2.45, 2.75) is 30.3 Å². The highest BCUT2D eigenvalue weighted by molar-refractivity contribution is 7.90. The number of nitrogens with two attached hydrogens (primary N) is 1. The Morgan fingerprint density at radius 1 is 1.00 bits per heavy atom. The van der Waals surface area contributed by atoms with Gasteiger partial charge in [0.1, 0.15) is 45.5 Å². The number of halogens is 3. The Kier molecular flexibility index (Phi) is 7.15. The van der Waals surface area contributed by atoms with Crippen LogP contribution in [0.5, 0.6) is 0 Å². The highest BCUT2D eigenvalue weighted by Gasteiger charge is 2.36. The smallest absolute Gasteiger partial charge is 0.286 e. The standard InChI is InChI=1S/C26H21F3N4O5S/c1-26(2,36)25(30)33-39(37,38)20-11-13(7-9-17(20)29)22(34)21(23(35)15-12-14(27)8-10-16(15)28)24-31-18-5-3-4-6-19(18)32-24/h3-12,21,36H,1-2H3,(H2,30,33)(H,31,32). The number of nitrogens with zero attached hydrogens (tertiary/aromatic N) is 2. The number of carbonyl (C=O) groups excluding carboxylic acids is 2. The van der Waals surface area contributed by atoms with Crippen molar-refractivity contribution < 1.29 is 36.3 Å². The van der Waals surface area contributed by atoms with Crippen LogP contribution in [0.4, 0.5) is 13.2 Å². The maximum atomic E-state index is 14.6. The van der Waals surface area contributed by atoms with Crippen LogP contribution in [0.1, 0.15) is 46.3 Å². The van der Waals surface area contributed by atoms with Crippen molar-refractivity contribution in [1.82, 2.24) is 9.97 Å². The first kappa shape index (κ1) is 27.7. The van der Waals surface area contributed by atoms with Crippen LogP contribution >= 0.6 is 0 Å². The first-order valence-electron chi connectivity index (χ1n) is 11.3. The summed E-state index contributed by atoms with van der Waals surface area (Å²) in [6.45, 7) is 2.32. The number of carbonyl (C=O) groups is 2. The molecule has 9 nitrogen and oxygen atoms in total. The summed E-state index contributed by atoms with van der Waals surface area (Å²) in [6.07, 6.45) is 0. The molecule has 1 aromatic heterocycles. The normalized spacial score (nSPS) is 13.4. The first-order chi connectivity index (χ1) is 18.2. The lowest BCUT2D eigenvalue weighted by atomic mass is 9.89. The van der Waals surface area contributed by atoms with Gasteiger partial charge in [0, 0.05) is 5.56 Å². The van der Waals surface area contributed by atoms with Crippen LogP contribution in [-0.4, -0.2) is 46.5 Å². The minimum Gasteiger partial charge on any atom is -0.384 e. The Labute approximate surface area is 220 Å².